The number of aliphatic carboxylic acids is 1. The van der Waals surface area contributed by atoms with E-state index in [0.29, 0.717) is 0 Å². The molecule has 1 aliphatic heterocycles. The molecule has 0 radical (unpaired) electrons. The molecule has 3 nitrogen and oxygen atoms in total. The highest BCUT2D eigenvalue weighted by atomic mass is 16.4. The minimum absolute atomic E-state index is 0.123. The van der Waals surface area contributed by atoms with Crippen LogP contribution in [0.15, 0.2) is 12.7 Å². The molecule has 0 amide bonds. The molecule has 1 heterocycles. The molecule has 1 fully saturated rings. The smallest absolute Gasteiger partial charge is 0.321 e. The molecular formula is C8H13NO2. The summed E-state index contributed by atoms with van der Waals surface area (Å²) in [6, 6.07) is -0.354. The molecule has 1 N–H and O–H groups in total. The number of rotatable bonds is 2. The molecule has 0 aromatic rings. The maximum absolute atomic E-state index is 10.7. The molecule has 1 aliphatic rings. The molecule has 0 saturated carbocycles. The van der Waals surface area contributed by atoms with E-state index in [1.54, 1.807) is 6.08 Å². The number of likely N-dealkylation sites (N-methyl/N-ethyl adjacent to an activating group) is 1. The van der Waals surface area contributed by atoms with Crippen LogP contribution in [-0.4, -0.2) is 35.6 Å². The molecule has 11 heavy (non-hydrogen) atoms. The quantitative estimate of drug-likeness (QED) is 0.593. The third kappa shape index (κ3) is 1.43. The van der Waals surface area contributed by atoms with Gasteiger partial charge in [-0.15, -0.1) is 6.58 Å². The summed E-state index contributed by atoms with van der Waals surface area (Å²) in [5.74, 6) is -0.618. The van der Waals surface area contributed by atoms with Crippen LogP contribution in [0.25, 0.3) is 0 Å². The van der Waals surface area contributed by atoms with Crippen LogP contribution in [0.1, 0.15) is 6.42 Å². The second kappa shape index (κ2) is 3.05. The third-order valence-electron chi connectivity index (χ3n) is 2.25. The van der Waals surface area contributed by atoms with E-state index in [4.69, 9.17) is 5.11 Å². The highest BCUT2D eigenvalue weighted by molar-refractivity contribution is 5.74. The highest BCUT2D eigenvalue weighted by Crippen LogP contribution is 2.23. The van der Waals surface area contributed by atoms with Gasteiger partial charge in [-0.1, -0.05) is 6.08 Å². The molecule has 3 heteroatoms. The predicted molar refractivity (Wildman–Crippen MR) is 42.4 cm³/mol. The first kappa shape index (κ1) is 8.27. The molecule has 1 saturated heterocycles. The molecule has 0 spiro atoms. The number of carbonyl (C=O) groups is 1. The van der Waals surface area contributed by atoms with Crippen LogP contribution in [0.5, 0.6) is 0 Å². The summed E-state index contributed by atoms with van der Waals surface area (Å²) < 4.78 is 0. The van der Waals surface area contributed by atoms with Crippen molar-refractivity contribution in [1.82, 2.24) is 4.90 Å². The third-order valence-corrected chi connectivity index (χ3v) is 2.25. The van der Waals surface area contributed by atoms with Crippen molar-refractivity contribution >= 4 is 5.97 Å². The largest absolute Gasteiger partial charge is 0.480 e. The van der Waals surface area contributed by atoms with Crippen LogP contribution in [-0.2, 0) is 4.79 Å². The number of carboxylic acids is 1. The molecule has 0 aromatic heterocycles. The summed E-state index contributed by atoms with van der Waals surface area (Å²) in [5.41, 5.74) is 0. The van der Waals surface area contributed by atoms with Crippen molar-refractivity contribution in [1.29, 1.82) is 0 Å². The van der Waals surface area contributed by atoms with Gasteiger partial charge in [0, 0.05) is 5.92 Å². The van der Waals surface area contributed by atoms with Crippen molar-refractivity contribution in [3.63, 3.8) is 0 Å². The minimum atomic E-state index is -0.741. The van der Waals surface area contributed by atoms with Gasteiger partial charge in [-0.25, -0.2) is 0 Å². The Bertz CT molecular complexity index is 179. The van der Waals surface area contributed by atoms with Crippen LogP contribution in [0, 0.1) is 5.92 Å². The molecule has 0 aliphatic carbocycles. The summed E-state index contributed by atoms with van der Waals surface area (Å²) in [4.78, 5) is 12.5. The Morgan fingerprint density at radius 1 is 1.82 bits per heavy atom. The molecule has 1 rings (SSSR count). The molecule has 2 atom stereocenters. The fourth-order valence-corrected chi connectivity index (χ4v) is 1.59. The van der Waals surface area contributed by atoms with Crippen molar-refractivity contribution in [3.8, 4) is 0 Å². The lowest BCUT2D eigenvalue weighted by atomic mass is 10.0. The van der Waals surface area contributed by atoms with E-state index < -0.39 is 5.97 Å². The summed E-state index contributed by atoms with van der Waals surface area (Å²) >= 11 is 0. The fraction of sp³-hybridized carbons (Fsp3) is 0.625. The number of hydrogen-bond donors (Lipinski definition) is 1. The average Bonchev–Trinajstić information content (AvgIpc) is 2.30. The Morgan fingerprint density at radius 3 is 2.82 bits per heavy atom. The second-order valence-corrected chi connectivity index (χ2v) is 2.95. The Kier molecular flexibility index (Phi) is 2.29. The summed E-state index contributed by atoms with van der Waals surface area (Å²) in [7, 11) is 1.84. The maximum atomic E-state index is 10.7. The first-order valence-electron chi connectivity index (χ1n) is 3.72. The fourth-order valence-electron chi connectivity index (χ4n) is 1.59. The zero-order valence-electron chi connectivity index (χ0n) is 6.66. The number of carboxylic acid groups (broad SMARTS) is 1. The topological polar surface area (TPSA) is 40.5 Å². The first-order chi connectivity index (χ1) is 5.16. The molecular weight excluding hydrogens is 142 g/mol. The van der Waals surface area contributed by atoms with Gasteiger partial charge in [-0.3, -0.25) is 9.69 Å². The van der Waals surface area contributed by atoms with Gasteiger partial charge >= 0.3 is 5.97 Å². The van der Waals surface area contributed by atoms with E-state index in [9.17, 15) is 4.79 Å². The second-order valence-electron chi connectivity index (χ2n) is 2.95. The van der Waals surface area contributed by atoms with Crippen LogP contribution >= 0.6 is 0 Å². The van der Waals surface area contributed by atoms with Crippen molar-refractivity contribution in [2.24, 2.45) is 5.92 Å². The van der Waals surface area contributed by atoms with E-state index in [1.165, 1.54) is 0 Å². The van der Waals surface area contributed by atoms with Gasteiger partial charge < -0.3 is 5.11 Å². The zero-order valence-corrected chi connectivity index (χ0v) is 6.66. The standard InChI is InChI=1S/C8H13NO2/c1-3-6-4-5-9(2)7(6)8(10)11/h3,6-7H,1,4-5H2,2H3,(H,10,11)/t6-,7+/m1/s1. The van der Waals surface area contributed by atoms with Crippen molar-refractivity contribution in [3.05, 3.63) is 12.7 Å². The zero-order chi connectivity index (χ0) is 8.43. The van der Waals surface area contributed by atoms with Gasteiger partial charge in [0.05, 0.1) is 0 Å². The number of hydrogen-bond acceptors (Lipinski definition) is 2. The summed E-state index contributed by atoms with van der Waals surface area (Å²) in [5, 5.41) is 8.80. The summed E-state index contributed by atoms with van der Waals surface area (Å²) in [6.07, 6.45) is 2.65. The van der Waals surface area contributed by atoms with Gasteiger partial charge in [0.15, 0.2) is 0 Å². The monoisotopic (exact) mass is 155 g/mol. The Hall–Kier alpha value is -0.830. The molecule has 62 valence electrons. The lowest BCUT2D eigenvalue weighted by molar-refractivity contribution is -0.142. The van der Waals surface area contributed by atoms with E-state index in [1.807, 2.05) is 11.9 Å². The maximum Gasteiger partial charge on any atom is 0.321 e. The number of likely N-dealkylation sites (tertiary alicyclic amines) is 1. The molecule has 0 bridgehead atoms. The van der Waals surface area contributed by atoms with Gasteiger partial charge in [-0.2, -0.15) is 0 Å². The van der Waals surface area contributed by atoms with E-state index in [0.717, 1.165) is 13.0 Å². The molecule has 0 unspecified atom stereocenters. The van der Waals surface area contributed by atoms with Gasteiger partial charge in [0.2, 0.25) is 0 Å². The lowest BCUT2D eigenvalue weighted by Gasteiger charge is -2.17. The lowest BCUT2D eigenvalue weighted by Crippen LogP contribution is -2.36. The van der Waals surface area contributed by atoms with Crippen LogP contribution in [0.3, 0.4) is 0 Å². The Morgan fingerprint density at radius 2 is 2.45 bits per heavy atom. The Balaban J connectivity index is 2.70. The van der Waals surface area contributed by atoms with Crippen molar-refractivity contribution < 1.29 is 9.90 Å². The first-order valence-corrected chi connectivity index (χ1v) is 3.72. The summed E-state index contributed by atoms with van der Waals surface area (Å²) in [6.45, 7) is 4.47. The Labute approximate surface area is 66.3 Å². The average molecular weight is 155 g/mol. The van der Waals surface area contributed by atoms with Gasteiger partial charge in [-0.05, 0) is 20.0 Å². The molecule has 0 aromatic carbocycles. The van der Waals surface area contributed by atoms with Crippen LogP contribution < -0.4 is 0 Å². The van der Waals surface area contributed by atoms with E-state index in [2.05, 4.69) is 6.58 Å². The van der Waals surface area contributed by atoms with Gasteiger partial charge in [0.1, 0.15) is 6.04 Å². The van der Waals surface area contributed by atoms with Crippen molar-refractivity contribution in [2.45, 2.75) is 12.5 Å². The highest BCUT2D eigenvalue weighted by Gasteiger charge is 2.34. The van der Waals surface area contributed by atoms with E-state index >= 15 is 0 Å². The van der Waals surface area contributed by atoms with E-state index in [-0.39, 0.29) is 12.0 Å². The normalized spacial score (nSPS) is 32.1. The number of nitrogens with zero attached hydrogens (tertiary/aromatic N) is 1. The minimum Gasteiger partial charge on any atom is -0.480 e. The van der Waals surface area contributed by atoms with Crippen LogP contribution in [0.4, 0.5) is 0 Å². The predicted octanol–water partition coefficient (Wildman–Crippen LogP) is 0.577. The van der Waals surface area contributed by atoms with Gasteiger partial charge in [0.25, 0.3) is 0 Å². The SMILES string of the molecule is C=C[C@@H]1CCN(C)[C@@H]1C(=O)O. The van der Waals surface area contributed by atoms with Crippen LogP contribution in [0.2, 0.25) is 0 Å². The van der Waals surface area contributed by atoms with Crippen molar-refractivity contribution in [2.75, 3.05) is 13.6 Å².